The van der Waals surface area contributed by atoms with Gasteiger partial charge in [0.05, 0.1) is 18.6 Å². The SMILES string of the molecule is FC(F)(F)c1nc(N(Cc2ccccn2)C2CC2)c2[nH]cnc2n1. The summed E-state index contributed by atoms with van der Waals surface area (Å²) in [5, 5.41) is 0. The number of hydrogen-bond acceptors (Lipinski definition) is 5. The molecule has 0 bridgehead atoms. The maximum atomic E-state index is 13.1. The van der Waals surface area contributed by atoms with Crippen molar-refractivity contribution in [3.8, 4) is 0 Å². The molecule has 0 aromatic carbocycles. The zero-order valence-corrected chi connectivity index (χ0v) is 12.5. The van der Waals surface area contributed by atoms with Crippen molar-refractivity contribution in [3.05, 3.63) is 42.2 Å². The number of aromatic amines is 1. The Bertz CT molecular complexity index is 857. The van der Waals surface area contributed by atoms with E-state index in [4.69, 9.17) is 0 Å². The topological polar surface area (TPSA) is 70.6 Å². The molecule has 3 heterocycles. The number of anilines is 1. The molecule has 0 spiro atoms. The van der Waals surface area contributed by atoms with Gasteiger partial charge in [-0.1, -0.05) is 6.07 Å². The number of imidazole rings is 1. The van der Waals surface area contributed by atoms with Crippen LogP contribution in [0.3, 0.4) is 0 Å². The molecule has 9 heteroatoms. The third kappa shape index (κ3) is 2.77. The number of pyridine rings is 1. The lowest BCUT2D eigenvalue weighted by atomic mass is 10.3. The molecule has 0 atom stereocenters. The summed E-state index contributed by atoms with van der Waals surface area (Å²) in [5.41, 5.74) is 1.19. The smallest absolute Gasteiger partial charge is 0.346 e. The lowest BCUT2D eigenvalue weighted by Crippen LogP contribution is -2.28. The Morgan fingerprint density at radius 2 is 2.00 bits per heavy atom. The third-order valence-corrected chi connectivity index (χ3v) is 3.84. The summed E-state index contributed by atoms with van der Waals surface area (Å²) < 4.78 is 39.3. The van der Waals surface area contributed by atoms with Crippen LogP contribution in [0.2, 0.25) is 0 Å². The van der Waals surface area contributed by atoms with Gasteiger partial charge >= 0.3 is 6.18 Å². The molecule has 1 N–H and O–H groups in total. The standard InChI is InChI=1S/C15H13F3N6/c16-15(17,18)14-22-12-11(20-8-21-12)13(23-14)24(10-4-5-10)7-9-3-1-2-6-19-9/h1-3,6,8,10H,4-5,7H2,(H,20,21,22,23). The van der Waals surface area contributed by atoms with Gasteiger partial charge < -0.3 is 9.88 Å². The summed E-state index contributed by atoms with van der Waals surface area (Å²) in [6.45, 7) is 0.383. The van der Waals surface area contributed by atoms with Crippen LogP contribution < -0.4 is 4.90 Å². The molecule has 0 aliphatic heterocycles. The molecule has 0 unspecified atom stereocenters. The lowest BCUT2D eigenvalue weighted by molar-refractivity contribution is -0.144. The maximum absolute atomic E-state index is 13.1. The minimum absolute atomic E-state index is 0.0130. The number of aromatic nitrogens is 5. The first-order valence-electron chi connectivity index (χ1n) is 7.47. The van der Waals surface area contributed by atoms with Crippen LogP contribution in [0.25, 0.3) is 11.2 Å². The van der Waals surface area contributed by atoms with Crippen LogP contribution in [-0.4, -0.2) is 31.0 Å². The fraction of sp³-hybridized carbons (Fsp3) is 0.333. The normalized spacial score (nSPS) is 15.0. The first kappa shape index (κ1) is 14.9. The highest BCUT2D eigenvalue weighted by molar-refractivity contribution is 5.83. The number of H-pyrrole nitrogens is 1. The summed E-state index contributed by atoms with van der Waals surface area (Å²) >= 11 is 0. The molecule has 0 saturated heterocycles. The van der Waals surface area contributed by atoms with E-state index in [1.54, 1.807) is 12.3 Å². The fourth-order valence-corrected chi connectivity index (χ4v) is 2.58. The van der Waals surface area contributed by atoms with Gasteiger partial charge in [-0.2, -0.15) is 13.2 Å². The van der Waals surface area contributed by atoms with Crippen molar-refractivity contribution in [2.45, 2.75) is 31.6 Å². The van der Waals surface area contributed by atoms with E-state index in [2.05, 4.69) is 24.9 Å². The van der Waals surface area contributed by atoms with E-state index in [1.807, 2.05) is 17.0 Å². The molecule has 6 nitrogen and oxygen atoms in total. The van der Waals surface area contributed by atoms with Gasteiger partial charge in [0.25, 0.3) is 0 Å². The second-order valence-corrected chi connectivity index (χ2v) is 5.65. The van der Waals surface area contributed by atoms with Gasteiger partial charge in [0.1, 0.15) is 5.52 Å². The fourth-order valence-electron chi connectivity index (χ4n) is 2.58. The first-order valence-corrected chi connectivity index (χ1v) is 7.47. The number of halogens is 3. The predicted molar refractivity (Wildman–Crippen MR) is 80.1 cm³/mol. The Labute approximate surface area is 134 Å². The number of nitrogens with zero attached hydrogens (tertiary/aromatic N) is 5. The summed E-state index contributed by atoms with van der Waals surface area (Å²) in [6, 6.07) is 5.63. The van der Waals surface area contributed by atoms with Crippen LogP contribution in [0.5, 0.6) is 0 Å². The van der Waals surface area contributed by atoms with Crippen molar-refractivity contribution in [1.29, 1.82) is 0 Å². The van der Waals surface area contributed by atoms with E-state index in [9.17, 15) is 13.2 Å². The van der Waals surface area contributed by atoms with E-state index in [0.717, 1.165) is 18.5 Å². The van der Waals surface area contributed by atoms with Crippen molar-refractivity contribution in [2.24, 2.45) is 0 Å². The second-order valence-electron chi connectivity index (χ2n) is 5.65. The van der Waals surface area contributed by atoms with Crippen LogP contribution in [0, 0.1) is 0 Å². The minimum Gasteiger partial charge on any atom is -0.346 e. The highest BCUT2D eigenvalue weighted by atomic mass is 19.4. The van der Waals surface area contributed by atoms with Crippen molar-refractivity contribution < 1.29 is 13.2 Å². The zero-order chi connectivity index (χ0) is 16.7. The first-order chi connectivity index (χ1) is 11.5. The van der Waals surface area contributed by atoms with Gasteiger partial charge in [-0.3, -0.25) is 4.98 Å². The molecule has 124 valence electrons. The van der Waals surface area contributed by atoms with Crippen molar-refractivity contribution in [2.75, 3.05) is 4.90 Å². The number of hydrogen-bond donors (Lipinski definition) is 1. The molecule has 3 aromatic heterocycles. The van der Waals surface area contributed by atoms with Crippen molar-refractivity contribution in [3.63, 3.8) is 0 Å². The van der Waals surface area contributed by atoms with E-state index >= 15 is 0 Å². The monoisotopic (exact) mass is 334 g/mol. The van der Waals surface area contributed by atoms with Crippen LogP contribution in [0.4, 0.5) is 19.0 Å². The predicted octanol–water partition coefficient (Wildman–Crippen LogP) is 2.94. The summed E-state index contributed by atoms with van der Waals surface area (Å²) in [7, 11) is 0. The highest BCUT2D eigenvalue weighted by Gasteiger charge is 2.38. The minimum atomic E-state index is -4.62. The molecule has 1 aliphatic rings. The largest absolute Gasteiger partial charge is 0.451 e. The van der Waals surface area contributed by atoms with E-state index in [-0.39, 0.29) is 17.5 Å². The summed E-state index contributed by atoms with van der Waals surface area (Å²) in [4.78, 5) is 20.1. The Balaban J connectivity index is 1.81. The quantitative estimate of drug-likeness (QED) is 0.794. The van der Waals surface area contributed by atoms with Crippen molar-refractivity contribution >= 4 is 17.0 Å². The molecule has 24 heavy (non-hydrogen) atoms. The van der Waals surface area contributed by atoms with Gasteiger partial charge in [0.15, 0.2) is 11.5 Å². The molecule has 1 fully saturated rings. The van der Waals surface area contributed by atoms with E-state index < -0.39 is 12.0 Å². The van der Waals surface area contributed by atoms with Crippen LogP contribution in [0.15, 0.2) is 30.7 Å². The van der Waals surface area contributed by atoms with Crippen LogP contribution in [-0.2, 0) is 12.7 Å². The third-order valence-electron chi connectivity index (χ3n) is 3.84. The highest BCUT2D eigenvalue weighted by Crippen LogP contribution is 2.36. The van der Waals surface area contributed by atoms with Gasteiger partial charge in [-0.15, -0.1) is 0 Å². The van der Waals surface area contributed by atoms with Gasteiger partial charge in [-0.25, -0.2) is 15.0 Å². The molecule has 3 aromatic rings. The Hall–Kier alpha value is -2.71. The number of rotatable bonds is 4. The van der Waals surface area contributed by atoms with E-state index in [1.165, 1.54) is 6.33 Å². The number of alkyl halides is 3. The van der Waals surface area contributed by atoms with Gasteiger partial charge in [-0.05, 0) is 25.0 Å². The summed E-state index contributed by atoms with van der Waals surface area (Å²) in [6.07, 6.45) is 0.186. The summed E-state index contributed by atoms with van der Waals surface area (Å²) in [5.74, 6) is -0.957. The molecule has 0 radical (unpaired) electrons. The van der Waals surface area contributed by atoms with Gasteiger partial charge in [0, 0.05) is 12.2 Å². The Morgan fingerprint density at radius 3 is 2.67 bits per heavy atom. The Morgan fingerprint density at radius 1 is 1.17 bits per heavy atom. The molecule has 1 aliphatic carbocycles. The number of nitrogens with one attached hydrogen (secondary N) is 1. The number of fused-ring (bicyclic) bond motifs is 1. The average molecular weight is 334 g/mol. The molecular weight excluding hydrogens is 321 g/mol. The molecule has 0 amide bonds. The maximum Gasteiger partial charge on any atom is 0.451 e. The second kappa shape index (κ2) is 5.43. The Kier molecular flexibility index (Phi) is 3.36. The molecule has 4 rings (SSSR count). The van der Waals surface area contributed by atoms with E-state index in [0.29, 0.717) is 12.1 Å². The van der Waals surface area contributed by atoms with Crippen LogP contribution in [0.1, 0.15) is 24.4 Å². The van der Waals surface area contributed by atoms with Crippen molar-refractivity contribution in [1.82, 2.24) is 24.9 Å². The van der Waals surface area contributed by atoms with Gasteiger partial charge in [0.2, 0.25) is 5.82 Å². The average Bonchev–Trinajstić information content (AvgIpc) is 3.28. The lowest BCUT2D eigenvalue weighted by Gasteiger charge is -2.24. The van der Waals surface area contributed by atoms with Crippen LogP contribution >= 0.6 is 0 Å². The zero-order valence-electron chi connectivity index (χ0n) is 12.5. The molecular formula is C15H13F3N6. The molecule has 1 saturated carbocycles.